The smallest absolute Gasteiger partial charge is 0.293 e. The summed E-state index contributed by atoms with van der Waals surface area (Å²) in [5, 5.41) is 3.17. The third kappa shape index (κ3) is 8.65. The molecule has 0 aromatic heterocycles. The average Bonchev–Trinajstić information content (AvgIpc) is 2.28. The van der Waals surface area contributed by atoms with Gasteiger partial charge in [0.15, 0.2) is 0 Å². The number of carbonyl (C=O) groups excluding carboxylic acids is 2. The van der Waals surface area contributed by atoms with Gasteiger partial charge in [0.25, 0.3) is 6.47 Å². The number of ether oxygens (including phenoxy) is 1. The minimum absolute atomic E-state index is 0.0264. The lowest BCUT2D eigenvalue weighted by Crippen LogP contribution is -2.41. The number of rotatable bonds is 2. The van der Waals surface area contributed by atoms with Crippen LogP contribution in [0.5, 0.6) is 0 Å². The molecule has 0 atom stereocenters. The molecule has 0 aromatic rings. The van der Waals surface area contributed by atoms with Crippen molar-refractivity contribution in [2.45, 2.75) is 39.2 Å². The van der Waals surface area contributed by atoms with Gasteiger partial charge < -0.3 is 10.1 Å². The molecule has 1 rings (SSSR count). The summed E-state index contributed by atoms with van der Waals surface area (Å²) in [6, 6.07) is 0. The maximum atomic E-state index is 10.9. The number of amides is 1. The Labute approximate surface area is 102 Å². The molecule has 17 heavy (non-hydrogen) atoms. The van der Waals surface area contributed by atoms with E-state index >= 15 is 0 Å². The van der Waals surface area contributed by atoms with Gasteiger partial charge in [0.05, 0.1) is 0 Å². The van der Waals surface area contributed by atoms with E-state index in [-0.39, 0.29) is 17.4 Å². The third-order valence-electron chi connectivity index (χ3n) is 2.25. The normalized spacial score (nSPS) is 16.5. The molecule has 0 spiro atoms. The highest BCUT2D eigenvalue weighted by atomic mass is 16.5. The second-order valence-electron chi connectivity index (χ2n) is 4.86. The number of nitrogens with two attached hydrogens (primary N) is 1. The Morgan fingerprint density at radius 1 is 1.41 bits per heavy atom. The lowest BCUT2D eigenvalue weighted by Gasteiger charge is -2.20. The highest BCUT2D eigenvalue weighted by Crippen LogP contribution is 2.10. The molecule has 0 saturated carbocycles. The van der Waals surface area contributed by atoms with Gasteiger partial charge in [-0.2, -0.15) is 0 Å². The van der Waals surface area contributed by atoms with Crippen LogP contribution in [0.2, 0.25) is 0 Å². The van der Waals surface area contributed by atoms with Gasteiger partial charge in [-0.25, -0.2) is 5.84 Å². The number of piperidine rings is 1. The molecular formula is C11H23N3O3. The predicted molar refractivity (Wildman–Crippen MR) is 64.8 cm³/mol. The van der Waals surface area contributed by atoms with Crippen LogP contribution in [0.4, 0.5) is 0 Å². The van der Waals surface area contributed by atoms with E-state index in [2.05, 4.69) is 15.5 Å². The van der Waals surface area contributed by atoms with Crippen LogP contribution >= 0.6 is 0 Å². The molecule has 4 N–H and O–H groups in total. The molecule has 1 amide bonds. The molecule has 1 fully saturated rings. The molecule has 6 nitrogen and oxygen atoms in total. The first kappa shape index (κ1) is 15.9. The fourth-order valence-electron chi connectivity index (χ4n) is 1.35. The van der Waals surface area contributed by atoms with Gasteiger partial charge in [-0.05, 0) is 46.7 Å². The molecule has 0 aromatic carbocycles. The van der Waals surface area contributed by atoms with Gasteiger partial charge in [-0.3, -0.25) is 15.0 Å². The first-order valence-electron chi connectivity index (χ1n) is 5.73. The third-order valence-corrected chi connectivity index (χ3v) is 2.25. The Hall–Kier alpha value is -1.14. The summed E-state index contributed by atoms with van der Waals surface area (Å²) in [6.07, 6.45) is 1.81. The van der Waals surface area contributed by atoms with Crippen molar-refractivity contribution in [1.29, 1.82) is 0 Å². The van der Waals surface area contributed by atoms with Crippen molar-refractivity contribution >= 4 is 12.4 Å². The fraction of sp³-hybridized carbons (Fsp3) is 0.818. The first-order valence-corrected chi connectivity index (χ1v) is 5.73. The summed E-state index contributed by atoms with van der Waals surface area (Å²) in [7, 11) is 0. The molecule has 1 heterocycles. The molecule has 1 aliphatic heterocycles. The summed E-state index contributed by atoms with van der Waals surface area (Å²) in [5.41, 5.74) is 1.85. The van der Waals surface area contributed by atoms with Gasteiger partial charge in [-0.15, -0.1) is 0 Å². The van der Waals surface area contributed by atoms with Crippen LogP contribution in [0.1, 0.15) is 33.6 Å². The van der Waals surface area contributed by atoms with Gasteiger partial charge in [0.2, 0.25) is 5.91 Å². The molecule has 1 aliphatic rings. The SMILES string of the molecule is CC(C)(C)OC=O.NNC(=O)C1CCNCC1. The van der Waals surface area contributed by atoms with E-state index in [0.717, 1.165) is 25.9 Å². The Kier molecular flexibility index (Phi) is 7.49. The lowest BCUT2D eigenvalue weighted by molar-refractivity contribution is -0.138. The highest BCUT2D eigenvalue weighted by molar-refractivity contribution is 5.78. The summed E-state index contributed by atoms with van der Waals surface area (Å²) in [5.74, 6) is 5.09. The molecule has 0 radical (unpaired) electrons. The topological polar surface area (TPSA) is 93.4 Å². The Balaban J connectivity index is 0.000000325. The van der Waals surface area contributed by atoms with E-state index in [1.54, 1.807) is 0 Å². The Bertz CT molecular complexity index is 233. The minimum Gasteiger partial charge on any atom is -0.462 e. The summed E-state index contributed by atoms with van der Waals surface area (Å²) in [6.45, 7) is 7.78. The fourth-order valence-corrected chi connectivity index (χ4v) is 1.35. The quantitative estimate of drug-likeness (QED) is 0.274. The largest absolute Gasteiger partial charge is 0.462 e. The molecule has 100 valence electrons. The average molecular weight is 245 g/mol. The van der Waals surface area contributed by atoms with Crippen molar-refractivity contribution in [2.24, 2.45) is 11.8 Å². The van der Waals surface area contributed by atoms with Crippen LogP contribution < -0.4 is 16.6 Å². The standard InChI is InChI=1S/C6H13N3O.C5H10O2/c7-9-6(10)5-1-3-8-4-2-5;1-5(2,3)7-4-6/h5,8H,1-4,7H2,(H,9,10);4H,1-3H3. The van der Waals surface area contributed by atoms with Crippen molar-refractivity contribution in [3.05, 3.63) is 0 Å². The zero-order valence-corrected chi connectivity index (χ0v) is 10.8. The number of nitrogens with one attached hydrogen (secondary N) is 2. The second-order valence-corrected chi connectivity index (χ2v) is 4.86. The van der Waals surface area contributed by atoms with Crippen LogP contribution in [0.15, 0.2) is 0 Å². The van der Waals surface area contributed by atoms with Crippen molar-refractivity contribution in [2.75, 3.05) is 13.1 Å². The van der Waals surface area contributed by atoms with Crippen molar-refractivity contribution < 1.29 is 14.3 Å². The van der Waals surface area contributed by atoms with Crippen LogP contribution in [0, 0.1) is 5.92 Å². The van der Waals surface area contributed by atoms with E-state index in [4.69, 9.17) is 5.84 Å². The molecule has 0 bridgehead atoms. The summed E-state index contributed by atoms with van der Waals surface area (Å²) in [4.78, 5) is 20.5. The Morgan fingerprint density at radius 3 is 2.24 bits per heavy atom. The van der Waals surface area contributed by atoms with Crippen molar-refractivity contribution in [3.63, 3.8) is 0 Å². The number of hydrogen-bond acceptors (Lipinski definition) is 5. The number of carbonyl (C=O) groups is 2. The monoisotopic (exact) mass is 245 g/mol. The molecule has 6 heteroatoms. The van der Waals surface area contributed by atoms with Crippen LogP contribution in [-0.2, 0) is 14.3 Å². The van der Waals surface area contributed by atoms with Crippen LogP contribution in [0.3, 0.4) is 0 Å². The molecular weight excluding hydrogens is 222 g/mol. The van der Waals surface area contributed by atoms with E-state index in [1.807, 2.05) is 20.8 Å². The van der Waals surface area contributed by atoms with E-state index in [0.29, 0.717) is 6.47 Å². The van der Waals surface area contributed by atoms with Crippen molar-refractivity contribution in [1.82, 2.24) is 10.7 Å². The van der Waals surface area contributed by atoms with E-state index in [9.17, 15) is 9.59 Å². The molecule has 1 saturated heterocycles. The van der Waals surface area contributed by atoms with Gasteiger partial charge in [0, 0.05) is 5.92 Å². The lowest BCUT2D eigenvalue weighted by atomic mass is 9.98. The predicted octanol–water partition coefficient (Wildman–Crippen LogP) is -0.0662. The summed E-state index contributed by atoms with van der Waals surface area (Å²) >= 11 is 0. The van der Waals surface area contributed by atoms with Gasteiger partial charge >= 0.3 is 0 Å². The maximum Gasteiger partial charge on any atom is 0.293 e. The van der Waals surface area contributed by atoms with Crippen LogP contribution in [-0.4, -0.2) is 31.1 Å². The first-order chi connectivity index (χ1) is 7.90. The van der Waals surface area contributed by atoms with E-state index < -0.39 is 0 Å². The Morgan fingerprint density at radius 2 is 1.94 bits per heavy atom. The minimum atomic E-state index is -0.318. The number of hydrazine groups is 1. The summed E-state index contributed by atoms with van der Waals surface area (Å²) < 4.78 is 4.55. The maximum absolute atomic E-state index is 10.9. The second kappa shape index (κ2) is 8.03. The molecule has 0 aliphatic carbocycles. The van der Waals surface area contributed by atoms with Gasteiger partial charge in [0.1, 0.15) is 5.60 Å². The van der Waals surface area contributed by atoms with E-state index in [1.165, 1.54) is 0 Å². The highest BCUT2D eigenvalue weighted by Gasteiger charge is 2.19. The van der Waals surface area contributed by atoms with Crippen LogP contribution in [0.25, 0.3) is 0 Å². The van der Waals surface area contributed by atoms with Crippen molar-refractivity contribution in [3.8, 4) is 0 Å². The molecule has 0 unspecified atom stereocenters. The zero-order valence-electron chi connectivity index (χ0n) is 10.8. The number of hydrogen-bond donors (Lipinski definition) is 3. The van der Waals surface area contributed by atoms with Gasteiger partial charge in [-0.1, -0.05) is 0 Å². The zero-order chi connectivity index (χ0) is 13.3.